The van der Waals surface area contributed by atoms with Crippen molar-refractivity contribution in [2.45, 2.75) is 26.2 Å². The molecule has 132 valence electrons. The topological polar surface area (TPSA) is 86.7 Å². The van der Waals surface area contributed by atoms with Gasteiger partial charge in [0.05, 0.1) is 0 Å². The molecule has 0 fully saturated rings. The number of unbranched alkanes of at least 4 members (excludes halogenated alkanes) is 1. The zero-order valence-electron chi connectivity index (χ0n) is 13.2. The summed E-state index contributed by atoms with van der Waals surface area (Å²) in [5.74, 6) is 0.243. The number of allylic oxidation sites excluding steroid dienone is 1. The van der Waals surface area contributed by atoms with E-state index in [-0.39, 0.29) is 5.76 Å². The fourth-order valence-corrected chi connectivity index (χ4v) is 8.20. The fourth-order valence-electron chi connectivity index (χ4n) is 1.55. The van der Waals surface area contributed by atoms with Gasteiger partial charge >= 0.3 is 146 Å². The molecule has 0 aromatic heterocycles. The van der Waals surface area contributed by atoms with Gasteiger partial charge in [-0.15, -0.1) is 0 Å². The SMILES string of the molecule is CCCCC(=CI(OS(C)(=O)=O)c1ccccc1)OS(C)(=O)=O. The van der Waals surface area contributed by atoms with Gasteiger partial charge in [0.25, 0.3) is 0 Å². The van der Waals surface area contributed by atoms with Crippen LogP contribution in [0.4, 0.5) is 0 Å². The Morgan fingerprint density at radius 1 is 1.09 bits per heavy atom. The first kappa shape index (κ1) is 20.4. The van der Waals surface area contributed by atoms with Gasteiger partial charge in [0.1, 0.15) is 0 Å². The van der Waals surface area contributed by atoms with Gasteiger partial charge in [-0.25, -0.2) is 0 Å². The van der Waals surface area contributed by atoms with E-state index in [0.29, 0.717) is 6.42 Å². The van der Waals surface area contributed by atoms with E-state index in [1.807, 2.05) is 13.0 Å². The van der Waals surface area contributed by atoms with Crippen molar-refractivity contribution in [1.29, 1.82) is 0 Å². The molecule has 1 aromatic rings. The van der Waals surface area contributed by atoms with Crippen LogP contribution < -0.4 is 0 Å². The van der Waals surface area contributed by atoms with Gasteiger partial charge in [-0.3, -0.25) is 0 Å². The molecular weight excluding hydrogens is 455 g/mol. The Bertz CT molecular complexity index is 726. The van der Waals surface area contributed by atoms with Crippen LogP contribution in [0.2, 0.25) is 0 Å². The van der Waals surface area contributed by atoms with Crippen molar-refractivity contribution in [2.75, 3.05) is 12.5 Å². The summed E-state index contributed by atoms with van der Waals surface area (Å²) < 4.78 is 58.4. The van der Waals surface area contributed by atoms with Crippen LogP contribution >= 0.6 is 20.2 Å². The summed E-state index contributed by atoms with van der Waals surface area (Å²) in [4.78, 5) is 0. The quantitative estimate of drug-likeness (QED) is 0.309. The molecule has 0 heterocycles. The average Bonchev–Trinajstić information content (AvgIpc) is 2.42. The summed E-state index contributed by atoms with van der Waals surface area (Å²) in [7, 11) is -7.33. The second-order valence-electron chi connectivity index (χ2n) is 4.80. The first-order valence-corrected chi connectivity index (χ1v) is 13.7. The molecule has 0 unspecified atom stereocenters. The van der Waals surface area contributed by atoms with Crippen LogP contribution in [-0.4, -0.2) is 29.3 Å². The predicted octanol–water partition coefficient (Wildman–Crippen LogP) is 3.26. The maximum atomic E-state index is 11.5. The summed E-state index contributed by atoms with van der Waals surface area (Å²) in [5, 5.41) is 0. The Labute approximate surface area is 146 Å². The second-order valence-corrected chi connectivity index (χ2v) is 12.4. The molecule has 0 aliphatic heterocycles. The van der Waals surface area contributed by atoms with Gasteiger partial charge in [-0.1, -0.05) is 0 Å². The molecule has 0 bridgehead atoms. The van der Waals surface area contributed by atoms with Crippen LogP contribution in [0.15, 0.2) is 40.2 Å². The zero-order valence-corrected chi connectivity index (χ0v) is 17.0. The van der Waals surface area contributed by atoms with Crippen LogP contribution in [-0.2, 0) is 26.9 Å². The van der Waals surface area contributed by atoms with Crippen molar-refractivity contribution in [3.05, 3.63) is 43.7 Å². The number of rotatable bonds is 9. The van der Waals surface area contributed by atoms with Crippen LogP contribution in [0.1, 0.15) is 26.2 Å². The van der Waals surface area contributed by atoms with E-state index in [1.54, 1.807) is 28.3 Å². The van der Waals surface area contributed by atoms with Crippen LogP contribution in [0, 0.1) is 3.57 Å². The number of halogens is 1. The summed E-state index contributed by atoms with van der Waals surface area (Å²) >= 11 is -2.75. The molecule has 0 spiro atoms. The summed E-state index contributed by atoms with van der Waals surface area (Å²) in [5.41, 5.74) is 0. The Balaban J connectivity index is 3.19. The maximum absolute atomic E-state index is 11.5. The fraction of sp³-hybridized carbons (Fsp3) is 0.429. The minimum absolute atomic E-state index is 0.243. The van der Waals surface area contributed by atoms with Gasteiger partial charge in [-0.05, 0) is 0 Å². The van der Waals surface area contributed by atoms with Crippen molar-refractivity contribution < 1.29 is 23.5 Å². The standard InChI is InChI=1S/C14H21IO6S2/c1-4-5-11-14(20-22(2,16)17)12-15(21-23(3,18)19)13-9-7-6-8-10-13/h6-10,12H,4-5,11H2,1-3H3. The third-order valence-electron chi connectivity index (χ3n) is 2.39. The van der Waals surface area contributed by atoms with Crippen molar-refractivity contribution in [3.63, 3.8) is 0 Å². The van der Waals surface area contributed by atoms with Crippen LogP contribution in [0.3, 0.4) is 0 Å². The molecule has 1 aromatic carbocycles. The molecule has 6 nitrogen and oxygen atoms in total. The molecule has 1 rings (SSSR count). The van der Waals surface area contributed by atoms with E-state index >= 15 is 0 Å². The van der Waals surface area contributed by atoms with E-state index in [0.717, 1.165) is 28.9 Å². The average molecular weight is 476 g/mol. The molecule has 0 atom stereocenters. The Kier molecular flexibility index (Phi) is 7.98. The Morgan fingerprint density at radius 2 is 1.70 bits per heavy atom. The monoisotopic (exact) mass is 476 g/mol. The van der Waals surface area contributed by atoms with Crippen LogP contribution in [0.25, 0.3) is 0 Å². The van der Waals surface area contributed by atoms with Crippen molar-refractivity contribution >= 4 is 40.5 Å². The first-order valence-electron chi connectivity index (χ1n) is 6.84. The number of hydrogen-bond donors (Lipinski definition) is 0. The Morgan fingerprint density at radius 3 is 2.17 bits per heavy atom. The number of benzene rings is 1. The molecule has 0 radical (unpaired) electrons. The molecule has 0 aliphatic rings. The van der Waals surface area contributed by atoms with Crippen molar-refractivity contribution in [3.8, 4) is 0 Å². The number of hydrogen-bond acceptors (Lipinski definition) is 6. The Hall–Kier alpha value is -0.650. The third-order valence-corrected chi connectivity index (χ3v) is 9.60. The van der Waals surface area contributed by atoms with Crippen LogP contribution in [0.5, 0.6) is 0 Å². The van der Waals surface area contributed by atoms with Crippen molar-refractivity contribution in [2.24, 2.45) is 0 Å². The van der Waals surface area contributed by atoms with E-state index in [4.69, 9.17) is 6.70 Å². The van der Waals surface area contributed by atoms with Gasteiger partial charge in [0.15, 0.2) is 0 Å². The van der Waals surface area contributed by atoms with E-state index in [9.17, 15) is 16.8 Å². The van der Waals surface area contributed by atoms with E-state index in [2.05, 4.69) is 0 Å². The molecule has 0 aliphatic carbocycles. The molecule has 0 N–H and O–H groups in total. The summed E-state index contributed by atoms with van der Waals surface area (Å²) in [6.07, 6.45) is 3.95. The third kappa shape index (κ3) is 9.28. The minimum atomic E-state index is -3.67. The predicted molar refractivity (Wildman–Crippen MR) is 98.6 cm³/mol. The second kappa shape index (κ2) is 9.00. The van der Waals surface area contributed by atoms with Crippen molar-refractivity contribution in [1.82, 2.24) is 0 Å². The molecule has 0 saturated heterocycles. The molecule has 0 saturated carbocycles. The van der Waals surface area contributed by atoms with E-state index in [1.165, 1.54) is 0 Å². The summed E-state index contributed by atoms with van der Waals surface area (Å²) in [6.45, 7) is 1.97. The normalized spacial score (nSPS) is 13.7. The van der Waals surface area contributed by atoms with Gasteiger partial charge < -0.3 is 0 Å². The van der Waals surface area contributed by atoms with E-state index < -0.39 is 40.5 Å². The van der Waals surface area contributed by atoms with Gasteiger partial charge in [-0.2, -0.15) is 0 Å². The molecule has 9 heteroatoms. The summed E-state index contributed by atoms with van der Waals surface area (Å²) in [6, 6.07) is 8.91. The van der Waals surface area contributed by atoms with Gasteiger partial charge in [0.2, 0.25) is 0 Å². The zero-order chi connectivity index (χ0) is 17.5. The molecule has 23 heavy (non-hydrogen) atoms. The van der Waals surface area contributed by atoms with Gasteiger partial charge in [0, 0.05) is 0 Å². The molecular formula is C14H21IO6S2. The first-order chi connectivity index (χ1) is 10.6. The molecule has 0 amide bonds.